The van der Waals surface area contributed by atoms with E-state index in [1.165, 1.54) is 17.5 Å². The standard InChI is InChI=1S/C12H16BrNO/c1-15-12-6-9-3-2-8(4-5-14)10(9)7-11(12)13/h6-8H,2-5,14H2,1H3. The van der Waals surface area contributed by atoms with Gasteiger partial charge in [0.05, 0.1) is 11.6 Å². The largest absolute Gasteiger partial charge is 0.496 e. The molecule has 0 aliphatic heterocycles. The molecule has 1 atom stereocenters. The molecule has 0 amide bonds. The molecule has 0 fully saturated rings. The molecule has 0 saturated heterocycles. The van der Waals surface area contributed by atoms with Crippen molar-refractivity contribution in [3.8, 4) is 5.75 Å². The Balaban J connectivity index is 2.34. The smallest absolute Gasteiger partial charge is 0.133 e. The molecular weight excluding hydrogens is 254 g/mol. The average molecular weight is 270 g/mol. The fourth-order valence-corrected chi connectivity index (χ4v) is 2.87. The summed E-state index contributed by atoms with van der Waals surface area (Å²) in [6.07, 6.45) is 3.47. The minimum Gasteiger partial charge on any atom is -0.496 e. The van der Waals surface area contributed by atoms with Gasteiger partial charge in [-0.3, -0.25) is 0 Å². The SMILES string of the molecule is COc1cc2c(cc1Br)C(CCN)CC2. The quantitative estimate of drug-likeness (QED) is 0.916. The highest BCUT2D eigenvalue weighted by molar-refractivity contribution is 9.10. The Morgan fingerprint density at radius 3 is 3.00 bits per heavy atom. The van der Waals surface area contributed by atoms with Crippen molar-refractivity contribution in [2.24, 2.45) is 5.73 Å². The zero-order chi connectivity index (χ0) is 10.8. The molecule has 2 rings (SSSR count). The summed E-state index contributed by atoms with van der Waals surface area (Å²) in [5.74, 6) is 1.58. The van der Waals surface area contributed by atoms with E-state index in [1.807, 2.05) is 0 Å². The van der Waals surface area contributed by atoms with E-state index in [0.29, 0.717) is 5.92 Å². The molecule has 82 valence electrons. The maximum Gasteiger partial charge on any atom is 0.133 e. The average Bonchev–Trinajstić information content (AvgIpc) is 2.61. The second-order valence-corrected chi connectivity index (χ2v) is 4.85. The van der Waals surface area contributed by atoms with E-state index >= 15 is 0 Å². The third-order valence-corrected chi connectivity index (χ3v) is 3.75. The second kappa shape index (κ2) is 4.54. The van der Waals surface area contributed by atoms with Gasteiger partial charge in [0, 0.05) is 0 Å². The van der Waals surface area contributed by atoms with Crippen molar-refractivity contribution in [3.05, 3.63) is 27.7 Å². The lowest BCUT2D eigenvalue weighted by Gasteiger charge is -2.12. The van der Waals surface area contributed by atoms with E-state index in [4.69, 9.17) is 10.5 Å². The Kier molecular flexibility index (Phi) is 3.32. The molecule has 0 saturated carbocycles. The maximum atomic E-state index is 5.62. The van der Waals surface area contributed by atoms with Crippen molar-refractivity contribution < 1.29 is 4.74 Å². The van der Waals surface area contributed by atoms with E-state index in [0.717, 1.165) is 29.6 Å². The van der Waals surface area contributed by atoms with E-state index in [1.54, 1.807) is 7.11 Å². The van der Waals surface area contributed by atoms with Crippen LogP contribution in [-0.4, -0.2) is 13.7 Å². The lowest BCUT2D eigenvalue weighted by Crippen LogP contribution is -2.04. The molecule has 0 heterocycles. The Labute approximate surface area is 98.9 Å². The summed E-state index contributed by atoms with van der Waals surface area (Å²) in [6.45, 7) is 0.772. The highest BCUT2D eigenvalue weighted by Crippen LogP contribution is 2.40. The molecule has 15 heavy (non-hydrogen) atoms. The van der Waals surface area contributed by atoms with Gasteiger partial charge in [0.15, 0.2) is 0 Å². The van der Waals surface area contributed by atoms with Crippen molar-refractivity contribution in [2.45, 2.75) is 25.2 Å². The number of hydrogen-bond acceptors (Lipinski definition) is 2. The number of hydrogen-bond donors (Lipinski definition) is 1. The fourth-order valence-electron chi connectivity index (χ4n) is 2.35. The van der Waals surface area contributed by atoms with Gasteiger partial charge in [0.25, 0.3) is 0 Å². The van der Waals surface area contributed by atoms with Crippen molar-refractivity contribution in [2.75, 3.05) is 13.7 Å². The van der Waals surface area contributed by atoms with Gasteiger partial charge in [0.1, 0.15) is 5.75 Å². The lowest BCUT2D eigenvalue weighted by atomic mass is 9.98. The second-order valence-electron chi connectivity index (χ2n) is 4.00. The highest BCUT2D eigenvalue weighted by atomic mass is 79.9. The van der Waals surface area contributed by atoms with E-state index in [2.05, 4.69) is 28.1 Å². The van der Waals surface area contributed by atoms with Crippen LogP contribution in [0.15, 0.2) is 16.6 Å². The van der Waals surface area contributed by atoms with Crippen LogP contribution in [0.3, 0.4) is 0 Å². The normalized spacial score (nSPS) is 19.0. The van der Waals surface area contributed by atoms with Gasteiger partial charge in [-0.2, -0.15) is 0 Å². The van der Waals surface area contributed by atoms with Crippen LogP contribution in [0.5, 0.6) is 5.75 Å². The molecule has 1 aromatic rings. The number of aryl methyl sites for hydroxylation is 1. The minimum absolute atomic E-state index is 0.646. The van der Waals surface area contributed by atoms with Gasteiger partial charge in [-0.25, -0.2) is 0 Å². The number of halogens is 1. The molecule has 1 aliphatic rings. The Bertz CT molecular complexity index is 365. The molecule has 0 radical (unpaired) electrons. The lowest BCUT2D eigenvalue weighted by molar-refractivity contribution is 0.411. The molecule has 0 aromatic heterocycles. The number of ether oxygens (including phenoxy) is 1. The highest BCUT2D eigenvalue weighted by Gasteiger charge is 2.23. The number of fused-ring (bicyclic) bond motifs is 1. The van der Waals surface area contributed by atoms with Crippen molar-refractivity contribution in [1.29, 1.82) is 0 Å². The molecule has 0 spiro atoms. The summed E-state index contributed by atoms with van der Waals surface area (Å²) in [6, 6.07) is 4.34. The zero-order valence-corrected chi connectivity index (χ0v) is 10.5. The predicted octanol–water partition coefficient (Wildman–Crippen LogP) is 2.84. The Morgan fingerprint density at radius 2 is 2.33 bits per heavy atom. The fraction of sp³-hybridized carbons (Fsp3) is 0.500. The van der Waals surface area contributed by atoms with E-state index in [9.17, 15) is 0 Å². The van der Waals surface area contributed by atoms with Crippen molar-refractivity contribution in [3.63, 3.8) is 0 Å². The topological polar surface area (TPSA) is 35.2 Å². The van der Waals surface area contributed by atoms with Crippen molar-refractivity contribution >= 4 is 15.9 Å². The van der Waals surface area contributed by atoms with Gasteiger partial charge in [-0.15, -0.1) is 0 Å². The van der Waals surface area contributed by atoms with E-state index < -0.39 is 0 Å². The van der Waals surface area contributed by atoms with Gasteiger partial charge in [-0.05, 0) is 70.9 Å². The van der Waals surface area contributed by atoms with E-state index in [-0.39, 0.29) is 0 Å². The van der Waals surface area contributed by atoms with Crippen LogP contribution >= 0.6 is 15.9 Å². The molecule has 2 N–H and O–H groups in total. The molecule has 1 aromatic carbocycles. The van der Waals surface area contributed by atoms with Crippen LogP contribution in [0, 0.1) is 0 Å². The summed E-state index contributed by atoms with van der Waals surface area (Å²) < 4.78 is 6.34. The molecule has 1 unspecified atom stereocenters. The molecule has 3 heteroatoms. The van der Waals surface area contributed by atoms with Gasteiger partial charge < -0.3 is 10.5 Å². The van der Waals surface area contributed by atoms with Crippen LogP contribution in [0.1, 0.15) is 29.9 Å². The van der Waals surface area contributed by atoms with Gasteiger partial charge >= 0.3 is 0 Å². The first-order valence-corrected chi connectivity index (χ1v) is 6.12. The van der Waals surface area contributed by atoms with Crippen molar-refractivity contribution in [1.82, 2.24) is 0 Å². The third kappa shape index (κ3) is 2.04. The maximum absolute atomic E-state index is 5.62. The Morgan fingerprint density at radius 1 is 1.53 bits per heavy atom. The third-order valence-electron chi connectivity index (χ3n) is 3.13. The number of benzene rings is 1. The molecule has 0 bridgehead atoms. The predicted molar refractivity (Wildman–Crippen MR) is 65.4 cm³/mol. The van der Waals surface area contributed by atoms with Crippen LogP contribution in [-0.2, 0) is 6.42 Å². The van der Waals surface area contributed by atoms with Crippen LogP contribution in [0.25, 0.3) is 0 Å². The Hall–Kier alpha value is -0.540. The molecule has 1 aliphatic carbocycles. The van der Waals surface area contributed by atoms with Gasteiger partial charge in [0.2, 0.25) is 0 Å². The molecule has 2 nitrogen and oxygen atoms in total. The summed E-state index contributed by atoms with van der Waals surface area (Å²) in [7, 11) is 1.71. The summed E-state index contributed by atoms with van der Waals surface area (Å²) in [5.41, 5.74) is 8.50. The number of nitrogens with two attached hydrogens (primary N) is 1. The van der Waals surface area contributed by atoms with Gasteiger partial charge in [-0.1, -0.05) is 0 Å². The number of rotatable bonds is 3. The first-order chi connectivity index (χ1) is 7.26. The summed E-state index contributed by atoms with van der Waals surface area (Å²) in [4.78, 5) is 0. The van der Waals surface area contributed by atoms with Crippen LogP contribution < -0.4 is 10.5 Å². The summed E-state index contributed by atoms with van der Waals surface area (Å²) >= 11 is 3.53. The van der Waals surface area contributed by atoms with Crippen LogP contribution in [0.2, 0.25) is 0 Å². The zero-order valence-electron chi connectivity index (χ0n) is 8.92. The minimum atomic E-state index is 0.646. The monoisotopic (exact) mass is 269 g/mol. The number of methoxy groups -OCH3 is 1. The summed E-state index contributed by atoms with van der Waals surface area (Å²) in [5, 5.41) is 0. The first kappa shape index (κ1) is 11.0. The first-order valence-electron chi connectivity index (χ1n) is 5.32. The molecular formula is C12H16BrNO. The van der Waals surface area contributed by atoms with Crippen LogP contribution in [0.4, 0.5) is 0 Å².